The van der Waals surface area contributed by atoms with E-state index >= 15 is 0 Å². The minimum atomic E-state index is -1.22. The van der Waals surface area contributed by atoms with Gasteiger partial charge >= 0.3 is 13.0 Å². The van der Waals surface area contributed by atoms with Crippen LogP contribution in [0.1, 0.15) is 29.3 Å². The van der Waals surface area contributed by atoms with Crippen LogP contribution in [0.4, 0.5) is 0 Å². The van der Waals surface area contributed by atoms with E-state index in [1.54, 1.807) is 13.0 Å². The molecule has 0 bridgehead atoms. The van der Waals surface area contributed by atoms with E-state index in [2.05, 4.69) is 15.6 Å². The van der Waals surface area contributed by atoms with Crippen LogP contribution in [0.5, 0.6) is 5.75 Å². The number of fused-ring (bicyclic) bond motifs is 1. The summed E-state index contributed by atoms with van der Waals surface area (Å²) in [6, 6.07) is 3.01. The average Bonchev–Trinajstić information content (AvgIpc) is 2.53. The Bertz CT molecular complexity index is 654. The van der Waals surface area contributed by atoms with E-state index in [0.29, 0.717) is 5.56 Å². The summed E-state index contributed by atoms with van der Waals surface area (Å²) in [5.41, 5.74) is 0.320. The Balaban J connectivity index is 2.42. The van der Waals surface area contributed by atoms with E-state index in [0.717, 1.165) is 0 Å². The van der Waals surface area contributed by atoms with E-state index in [1.807, 2.05) is 0 Å². The van der Waals surface area contributed by atoms with Gasteiger partial charge in [0.2, 0.25) is 5.91 Å². The van der Waals surface area contributed by atoms with Crippen molar-refractivity contribution in [1.82, 2.24) is 5.32 Å². The van der Waals surface area contributed by atoms with Gasteiger partial charge in [0.1, 0.15) is 11.3 Å². The lowest BCUT2D eigenvalue weighted by molar-refractivity contribution is -0.121. The molecule has 1 aliphatic heterocycles. The summed E-state index contributed by atoms with van der Waals surface area (Å²) in [6.45, 7) is 1.67. The number of hydrogen-bond donors (Lipinski definition) is 1. The Morgan fingerprint density at radius 1 is 1.45 bits per heavy atom. The first kappa shape index (κ1) is 16.1. The van der Waals surface area contributed by atoms with Crippen LogP contribution in [0, 0.1) is 9.81 Å². The lowest BCUT2D eigenvalue weighted by Gasteiger charge is -2.28. The number of amides is 2. The molecule has 114 valence electrons. The molecule has 0 saturated heterocycles. The highest BCUT2D eigenvalue weighted by molar-refractivity contribution is 6.53. The number of nitrogens with one attached hydrogen (secondary N) is 1. The predicted molar refractivity (Wildman–Crippen MR) is 79.7 cm³/mol. The Labute approximate surface area is 130 Å². The Hall–Kier alpha value is -2.29. The molecular formula is C12H11BClN3O5. The van der Waals surface area contributed by atoms with Gasteiger partial charge in [0.25, 0.3) is 0 Å². The van der Waals surface area contributed by atoms with Gasteiger partial charge < -0.3 is 9.97 Å². The van der Waals surface area contributed by atoms with Crippen molar-refractivity contribution in [3.63, 3.8) is 0 Å². The fourth-order valence-corrected chi connectivity index (χ4v) is 2.44. The molecule has 1 N–H and O–H groups in total. The maximum absolute atomic E-state index is 11.6. The number of halogens is 1. The summed E-state index contributed by atoms with van der Waals surface area (Å²) < 4.78 is 5.38. The van der Waals surface area contributed by atoms with Crippen molar-refractivity contribution < 1.29 is 14.2 Å². The second-order valence-electron chi connectivity index (χ2n) is 4.65. The molecule has 10 heteroatoms. The van der Waals surface area contributed by atoms with E-state index in [4.69, 9.17) is 16.3 Å². The Kier molecular flexibility index (Phi) is 4.87. The van der Waals surface area contributed by atoms with Crippen LogP contribution in [0.25, 0.3) is 0 Å². The van der Waals surface area contributed by atoms with Gasteiger partial charge in [0.05, 0.1) is 11.0 Å². The lowest BCUT2D eigenvalue weighted by atomic mass is 9.68. The highest BCUT2D eigenvalue weighted by Gasteiger charge is 2.40. The van der Waals surface area contributed by atoms with Crippen LogP contribution in [0.2, 0.25) is 5.02 Å². The summed E-state index contributed by atoms with van der Waals surface area (Å²) in [7, 11) is -1.22. The lowest BCUT2D eigenvalue weighted by Crippen LogP contribution is -2.52. The minimum absolute atomic E-state index is 0.00342. The van der Waals surface area contributed by atoms with Crippen molar-refractivity contribution in [3.05, 3.63) is 38.1 Å². The molecule has 0 radical (unpaired) electrons. The molecule has 1 atom stereocenters. The Morgan fingerprint density at radius 3 is 2.77 bits per heavy atom. The number of carbonyl (C=O) groups excluding carboxylic acids is 2. The molecule has 1 aromatic rings. The fourth-order valence-electron chi connectivity index (χ4n) is 2.21. The van der Waals surface area contributed by atoms with Crippen molar-refractivity contribution in [2.75, 3.05) is 0 Å². The highest BCUT2D eigenvalue weighted by atomic mass is 35.5. The van der Waals surface area contributed by atoms with Crippen molar-refractivity contribution in [2.45, 2.75) is 25.7 Å². The number of hydrogen-bond acceptors (Lipinski definition) is 6. The van der Waals surface area contributed by atoms with Crippen LogP contribution < -0.4 is 9.97 Å². The van der Waals surface area contributed by atoms with Crippen LogP contribution in [-0.2, 0) is 11.2 Å². The summed E-state index contributed by atoms with van der Waals surface area (Å²) in [4.78, 5) is 44.5. The van der Waals surface area contributed by atoms with Gasteiger partial charge in [0.15, 0.2) is 0 Å². The van der Waals surface area contributed by atoms with Crippen LogP contribution in [0.3, 0.4) is 0 Å². The van der Waals surface area contributed by atoms with Crippen molar-refractivity contribution >= 4 is 30.5 Å². The van der Waals surface area contributed by atoms with Crippen LogP contribution in [0.15, 0.2) is 22.4 Å². The van der Waals surface area contributed by atoms with Gasteiger partial charge in [-0.1, -0.05) is 29.7 Å². The summed E-state index contributed by atoms with van der Waals surface area (Å²) in [5.74, 6) is -2.01. The molecule has 0 aliphatic carbocycles. The monoisotopic (exact) mass is 323 g/mol. The fraction of sp³-hybridized carbons (Fsp3) is 0.333. The summed E-state index contributed by atoms with van der Waals surface area (Å²) in [5, 5.41) is 7.77. The summed E-state index contributed by atoms with van der Waals surface area (Å²) >= 11 is 5.89. The smallest absolute Gasteiger partial charge is 0.536 e. The molecule has 0 aromatic heterocycles. The number of rotatable bonds is 4. The molecule has 2 amide bonds. The van der Waals surface area contributed by atoms with Gasteiger partial charge in [-0.15, -0.1) is 4.91 Å². The van der Waals surface area contributed by atoms with E-state index in [-0.39, 0.29) is 35.1 Å². The maximum atomic E-state index is 11.6. The third-order valence-corrected chi connectivity index (χ3v) is 3.59. The minimum Gasteiger partial charge on any atom is -0.536 e. The Morgan fingerprint density at radius 2 is 2.18 bits per heavy atom. The second-order valence-corrected chi connectivity index (χ2v) is 5.06. The van der Waals surface area contributed by atoms with E-state index in [1.165, 1.54) is 6.07 Å². The number of nitroso groups, excluding NO2 is 2. The molecule has 1 aliphatic rings. The molecular weight excluding hydrogens is 312 g/mol. The first-order valence-corrected chi connectivity index (χ1v) is 6.87. The number of carbonyl (C=O) groups is 2. The quantitative estimate of drug-likeness (QED) is 0.671. The highest BCUT2D eigenvalue weighted by Crippen LogP contribution is 2.35. The van der Waals surface area contributed by atoms with Gasteiger partial charge in [-0.3, -0.25) is 9.59 Å². The zero-order chi connectivity index (χ0) is 16.3. The van der Waals surface area contributed by atoms with E-state index in [9.17, 15) is 19.4 Å². The normalized spacial score (nSPS) is 16.3. The molecule has 1 heterocycles. The standard InChI is InChI=1S/C12H11BClN3O5/c1-2-9(18)15-8-5-6-3-4-7(14)10(12(19)16-20)11(6)22-13(8)17-21/h3-4,8H,2,5H2,1H3,(H,15,18)/t8-/m0/s1. The molecule has 0 spiro atoms. The molecule has 0 unspecified atom stereocenters. The molecule has 0 fully saturated rings. The molecule has 1 aromatic carbocycles. The van der Waals surface area contributed by atoms with Crippen LogP contribution >= 0.6 is 11.6 Å². The number of nitrogens with zero attached hydrogens (tertiary/aromatic N) is 2. The SMILES string of the molecule is CCC(=O)N[C@H]1Cc2ccc(Cl)c(C(=O)N=O)c2OB1N=O. The topological polar surface area (TPSA) is 114 Å². The first-order chi connectivity index (χ1) is 10.5. The third kappa shape index (κ3) is 2.99. The average molecular weight is 324 g/mol. The van der Waals surface area contributed by atoms with Crippen molar-refractivity contribution in [1.29, 1.82) is 0 Å². The van der Waals surface area contributed by atoms with Gasteiger partial charge in [-0.25, -0.2) is 0 Å². The van der Waals surface area contributed by atoms with Gasteiger partial charge in [-0.05, 0) is 18.1 Å². The largest absolute Gasteiger partial charge is 0.570 e. The number of benzene rings is 1. The first-order valence-electron chi connectivity index (χ1n) is 6.49. The van der Waals surface area contributed by atoms with E-state index < -0.39 is 18.9 Å². The molecule has 8 nitrogen and oxygen atoms in total. The van der Waals surface area contributed by atoms with Crippen LogP contribution in [-0.4, -0.2) is 24.8 Å². The zero-order valence-electron chi connectivity index (χ0n) is 11.5. The third-order valence-electron chi connectivity index (χ3n) is 3.28. The predicted octanol–water partition coefficient (Wildman–Crippen LogP) is 1.87. The van der Waals surface area contributed by atoms with Crippen molar-refractivity contribution in [2.24, 2.45) is 10.3 Å². The molecule has 2 rings (SSSR count). The second kappa shape index (κ2) is 6.65. The molecule has 0 saturated carbocycles. The summed E-state index contributed by atoms with van der Waals surface area (Å²) in [6.07, 6.45) is 0.460. The van der Waals surface area contributed by atoms with Gasteiger partial charge in [0, 0.05) is 11.6 Å². The van der Waals surface area contributed by atoms with Gasteiger partial charge in [-0.2, -0.15) is 4.91 Å². The van der Waals surface area contributed by atoms with Crippen molar-refractivity contribution in [3.8, 4) is 5.75 Å². The zero-order valence-corrected chi connectivity index (χ0v) is 12.3. The maximum Gasteiger partial charge on any atom is 0.570 e. The molecule has 22 heavy (non-hydrogen) atoms.